The molecule has 0 N–H and O–H groups in total. The summed E-state index contributed by atoms with van der Waals surface area (Å²) in [6, 6.07) is 17.3. The average Bonchev–Trinajstić information content (AvgIpc) is 2.47. The van der Waals surface area contributed by atoms with Gasteiger partial charge in [-0.25, -0.2) is 0 Å². The minimum absolute atomic E-state index is 0.0669. The normalized spacial score (nSPS) is 10.5. The Balaban J connectivity index is 1.98. The van der Waals surface area contributed by atoms with Gasteiger partial charge in [0.15, 0.2) is 5.78 Å². The average molecular weight is 248 g/mol. The molecule has 0 aliphatic rings. The molecule has 0 saturated heterocycles. The van der Waals surface area contributed by atoms with Crippen LogP contribution in [0.1, 0.15) is 16.1 Å². The van der Waals surface area contributed by atoms with Gasteiger partial charge in [0.25, 0.3) is 0 Å². The van der Waals surface area contributed by atoms with Crippen LogP contribution in [-0.4, -0.2) is 16.0 Å². The van der Waals surface area contributed by atoms with Crippen molar-refractivity contribution in [3.05, 3.63) is 72.1 Å². The Labute approximate surface area is 110 Å². The summed E-state index contributed by atoms with van der Waals surface area (Å²) in [5.74, 6) is 0.0669. The van der Waals surface area contributed by atoms with Gasteiger partial charge in [-0.3, -0.25) is 4.79 Å². The van der Waals surface area contributed by atoms with Crippen LogP contribution in [0.4, 0.5) is 0 Å². The molecule has 0 bridgehead atoms. The third kappa shape index (κ3) is 2.36. The van der Waals surface area contributed by atoms with Gasteiger partial charge in [0.05, 0.1) is 12.1 Å². The lowest BCUT2D eigenvalue weighted by Crippen LogP contribution is -2.06. The Bertz CT molecular complexity index is 718. The van der Waals surface area contributed by atoms with Crippen molar-refractivity contribution in [2.75, 3.05) is 0 Å². The number of fused-ring (bicyclic) bond motifs is 1. The van der Waals surface area contributed by atoms with Crippen molar-refractivity contribution in [3.8, 4) is 0 Å². The molecule has 3 heteroatoms. The molecule has 3 rings (SSSR count). The highest BCUT2D eigenvalue weighted by Gasteiger charge is 2.11. The molecule has 0 aliphatic carbocycles. The van der Waals surface area contributed by atoms with Crippen LogP contribution in [0.2, 0.25) is 0 Å². The molecular weight excluding hydrogens is 236 g/mol. The predicted octanol–water partition coefficient (Wildman–Crippen LogP) is 3.06. The lowest BCUT2D eigenvalue weighted by molar-refractivity contribution is 0.0993. The molecule has 1 heterocycles. The third-order valence-electron chi connectivity index (χ3n) is 3.06. The summed E-state index contributed by atoms with van der Waals surface area (Å²) < 4.78 is 0. The molecule has 19 heavy (non-hydrogen) atoms. The van der Waals surface area contributed by atoms with E-state index in [2.05, 4.69) is 10.2 Å². The third-order valence-corrected chi connectivity index (χ3v) is 3.06. The van der Waals surface area contributed by atoms with E-state index >= 15 is 0 Å². The Kier molecular flexibility index (Phi) is 3.02. The molecule has 2 aromatic carbocycles. The van der Waals surface area contributed by atoms with Crippen molar-refractivity contribution < 1.29 is 4.79 Å². The summed E-state index contributed by atoms with van der Waals surface area (Å²) in [4.78, 5) is 12.4. The van der Waals surface area contributed by atoms with E-state index in [1.807, 2.05) is 48.5 Å². The molecular formula is C16H12N2O. The van der Waals surface area contributed by atoms with E-state index in [4.69, 9.17) is 0 Å². The van der Waals surface area contributed by atoms with Crippen LogP contribution in [0.25, 0.3) is 10.8 Å². The van der Waals surface area contributed by atoms with Crippen molar-refractivity contribution in [3.63, 3.8) is 0 Å². The maximum absolute atomic E-state index is 12.4. The first-order valence-corrected chi connectivity index (χ1v) is 6.12. The maximum atomic E-state index is 12.4. The molecule has 92 valence electrons. The smallest absolute Gasteiger partial charge is 0.169 e. The van der Waals surface area contributed by atoms with Crippen LogP contribution in [0, 0.1) is 0 Å². The highest BCUT2D eigenvalue weighted by Crippen LogP contribution is 2.19. The molecule has 3 aromatic rings. The fourth-order valence-corrected chi connectivity index (χ4v) is 2.16. The molecule has 1 aromatic heterocycles. The summed E-state index contributed by atoms with van der Waals surface area (Å²) >= 11 is 0. The van der Waals surface area contributed by atoms with Crippen LogP contribution in [0.5, 0.6) is 0 Å². The van der Waals surface area contributed by atoms with Crippen LogP contribution >= 0.6 is 0 Å². The number of benzene rings is 2. The van der Waals surface area contributed by atoms with Gasteiger partial charge in [0, 0.05) is 11.8 Å². The van der Waals surface area contributed by atoms with Gasteiger partial charge in [0.2, 0.25) is 0 Å². The quantitative estimate of drug-likeness (QED) is 0.669. The number of carbonyl (C=O) groups excluding carboxylic acids is 1. The molecule has 0 atom stereocenters. The van der Waals surface area contributed by atoms with Crippen molar-refractivity contribution in [2.24, 2.45) is 0 Å². The number of hydrogen-bond donors (Lipinski definition) is 0. The second-order valence-electron chi connectivity index (χ2n) is 4.34. The van der Waals surface area contributed by atoms with Crippen LogP contribution in [-0.2, 0) is 6.42 Å². The van der Waals surface area contributed by atoms with Crippen LogP contribution in [0.15, 0.2) is 60.8 Å². The number of aromatic nitrogens is 2. The van der Waals surface area contributed by atoms with Gasteiger partial charge >= 0.3 is 0 Å². The molecule has 0 amide bonds. The van der Waals surface area contributed by atoms with Crippen molar-refractivity contribution in [2.45, 2.75) is 6.42 Å². The zero-order valence-corrected chi connectivity index (χ0v) is 10.3. The highest BCUT2D eigenvalue weighted by molar-refractivity contribution is 6.08. The van der Waals surface area contributed by atoms with E-state index in [-0.39, 0.29) is 12.2 Å². The molecule has 0 radical (unpaired) electrons. The summed E-state index contributed by atoms with van der Waals surface area (Å²) in [6.07, 6.45) is 1.88. The second-order valence-corrected chi connectivity index (χ2v) is 4.34. The van der Waals surface area contributed by atoms with Crippen molar-refractivity contribution >= 4 is 16.6 Å². The van der Waals surface area contributed by atoms with Gasteiger partial charge in [-0.2, -0.15) is 10.2 Å². The molecule has 0 unspecified atom stereocenters. The fourth-order valence-electron chi connectivity index (χ4n) is 2.16. The Hall–Kier alpha value is -2.55. The van der Waals surface area contributed by atoms with E-state index in [9.17, 15) is 4.79 Å². The first-order chi connectivity index (χ1) is 9.34. The summed E-state index contributed by atoms with van der Waals surface area (Å²) in [5, 5.41) is 9.81. The summed E-state index contributed by atoms with van der Waals surface area (Å²) in [7, 11) is 0. The molecule has 0 aliphatic heterocycles. The van der Waals surface area contributed by atoms with Crippen molar-refractivity contribution in [1.82, 2.24) is 10.2 Å². The SMILES string of the molecule is O=C(Cc1cccnn1)c1cccc2ccccc12. The molecule has 0 spiro atoms. The Morgan fingerprint density at radius 2 is 1.79 bits per heavy atom. The first kappa shape index (κ1) is 11.5. The van der Waals surface area contributed by atoms with E-state index in [1.54, 1.807) is 12.3 Å². The number of rotatable bonds is 3. The summed E-state index contributed by atoms with van der Waals surface area (Å²) in [5.41, 5.74) is 1.43. The van der Waals surface area contributed by atoms with Gasteiger partial charge < -0.3 is 0 Å². The number of Topliss-reactive ketones (excluding diaryl/α,β-unsaturated/α-hetero) is 1. The predicted molar refractivity (Wildman–Crippen MR) is 74.0 cm³/mol. The number of ketones is 1. The Morgan fingerprint density at radius 3 is 2.63 bits per heavy atom. The van der Waals surface area contributed by atoms with Gasteiger partial charge in [0.1, 0.15) is 0 Å². The largest absolute Gasteiger partial charge is 0.294 e. The lowest BCUT2D eigenvalue weighted by Gasteiger charge is -2.05. The molecule has 3 nitrogen and oxygen atoms in total. The monoisotopic (exact) mass is 248 g/mol. The van der Waals surface area contributed by atoms with E-state index in [0.29, 0.717) is 5.69 Å². The minimum atomic E-state index is 0.0669. The van der Waals surface area contributed by atoms with Crippen LogP contribution < -0.4 is 0 Å². The number of hydrogen-bond acceptors (Lipinski definition) is 3. The number of nitrogens with zero attached hydrogens (tertiary/aromatic N) is 2. The zero-order chi connectivity index (χ0) is 13.1. The van der Waals surface area contributed by atoms with Crippen molar-refractivity contribution in [1.29, 1.82) is 0 Å². The van der Waals surface area contributed by atoms with Gasteiger partial charge in [-0.1, -0.05) is 42.5 Å². The lowest BCUT2D eigenvalue weighted by atomic mass is 9.99. The van der Waals surface area contributed by atoms with Gasteiger partial charge in [-0.15, -0.1) is 0 Å². The van der Waals surface area contributed by atoms with E-state index in [1.165, 1.54) is 0 Å². The minimum Gasteiger partial charge on any atom is -0.294 e. The first-order valence-electron chi connectivity index (χ1n) is 6.12. The standard InChI is InChI=1S/C16H12N2O/c19-16(11-13-7-4-10-17-18-13)15-9-3-6-12-5-1-2-8-14(12)15/h1-10H,11H2. The van der Waals surface area contributed by atoms with Gasteiger partial charge in [-0.05, 0) is 22.9 Å². The van der Waals surface area contributed by atoms with E-state index < -0.39 is 0 Å². The topological polar surface area (TPSA) is 42.9 Å². The number of carbonyl (C=O) groups is 1. The Morgan fingerprint density at radius 1 is 0.947 bits per heavy atom. The maximum Gasteiger partial charge on any atom is 0.169 e. The molecule has 0 fully saturated rings. The molecule has 0 saturated carbocycles. The zero-order valence-electron chi connectivity index (χ0n) is 10.3. The second kappa shape index (κ2) is 4.98. The van der Waals surface area contributed by atoms with Crippen LogP contribution in [0.3, 0.4) is 0 Å². The summed E-state index contributed by atoms with van der Waals surface area (Å²) in [6.45, 7) is 0. The fraction of sp³-hybridized carbons (Fsp3) is 0.0625. The van der Waals surface area contributed by atoms with E-state index in [0.717, 1.165) is 16.3 Å². The highest BCUT2D eigenvalue weighted by atomic mass is 16.1.